The van der Waals surface area contributed by atoms with Gasteiger partial charge in [-0.05, 0) is 30.1 Å². The van der Waals surface area contributed by atoms with Crippen molar-refractivity contribution in [3.8, 4) is 0 Å². The summed E-state index contributed by atoms with van der Waals surface area (Å²) in [6, 6.07) is -0.0388. The Hall–Kier alpha value is -1.24. The molecule has 0 saturated heterocycles. The Morgan fingerprint density at radius 1 is 1.18 bits per heavy atom. The molecule has 2 atom stereocenters. The zero-order chi connectivity index (χ0) is 12.9. The largest absolute Gasteiger partial charge is 0.235 e. The third-order valence-corrected chi connectivity index (χ3v) is 4.01. The van der Waals surface area contributed by atoms with E-state index in [4.69, 9.17) is 0 Å². The Morgan fingerprint density at radius 3 is 2.47 bits per heavy atom. The van der Waals surface area contributed by atoms with Gasteiger partial charge in [-0.1, -0.05) is 27.2 Å². The molecule has 4 nitrogen and oxygen atoms in total. The first-order valence-electron chi connectivity index (χ1n) is 6.07. The lowest BCUT2D eigenvalue weighted by atomic mass is 9.59. The number of hydrogen-bond acceptors (Lipinski definition) is 4. The summed E-state index contributed by atoms with van der Waals surface area (Å²) in [5, 5.41) is 0. The van der Waals surface area contributed by atoms with Gasteiger partial charge >= 0.3 is 0 Å². The minimum absolute atomic E-state index is 0.00923. The summed E-state index contributed by atoms with van der Waals surface area (Å²) in [7, 11) is 0. The molecule has 0 aromatic carbocycles. The van der Waals surface area contributed by atoms with Crippen LogP contribution in [0.5, 0.6) is 0 Å². The molecule has 0 bridgehead atoms. The third kappa shape index (κ3) is 3.12. The summed E-state index contributed by atoms with van der Waals surface area (Å²) in [6.07, 6.45) is 7.23. The van der Waals surface area contributed by atoms with Gasteiger partial charge in [0.15, 0.2) is 0 Å². The van der Waals surface area contributed by atoms with E-state index in [1.807, 2.05) is 0 Å². The van der Waals surface area contributed by atoms with Crippen molar-refractivity contribution >= 4 is 12.2 Å². The van der Waals surface area contributed by atoms with Gasteiger partial charge in [0.1, 0.15) is 0 Å². The van der Waals surface area contributed by atoms with Crippen molar-refractivity contribution < 1.29 is 9.59 Å². The Bertz CT molecular complexity index is 366. The second-order valence-electron chi connectivity index (χ2n) is 5.84. The molecule has 1 saturated carbocycles. The van der Waals surface area contributed by atoms with Crippen LogP contribution in [0.2, 0.25) is 0 Å². The molecule has 0 N–H and O–H groups in total. The van der Waals surface area contributed by atoms with E-state index >= 15 is 0 Å². The normalized spacial score (nSPS) is 31.1. The van der Waals surface area contributed by atoms with Crippen molar-refractivity contribution in [1.29, 1.82) is 0 Å². The highest BCUT2D eigenvalue weighted by molar-refractivity contribution is 5.35. The maximum atomic E-state index is 10.6. The number of rotatable bonds is 4. The number of nitrogens with zero attached hydrogens (tertiary/aromatic N) is 2. The van der Waals surface area contributed by atoms with Crippen LogP contribution in [0.1, 0.15) is 46.5 Å². The summed E-state index contributed by atoms with van der Waals surface area (Å²) >= 11 is 0. The number of carbonyl (C=O) groups excluding carboxylic acids is 2. The van der Waals surface area contributed by atoms with Crippen molar-refractivity contribution in [1.82, 2.24) is 0 Å². The molecule has 0 aromatic heterocycles. The maximum absolute atomic E-state index is 10.6. The lowest BCUT2D eigenvalue weighted by molar-refractivity contribution is 0.0586. The third-order valence-electron chi connectivity index (χ3n) is 4.01. The quantitative estimate of drug-likeness (QED) is 0.556. The van der Waals surface area contributed by atoms with Crippen LogP contribution in [0, 0.1) is 10.8 Å². The van der Waals surface area contributed by atoms with Gasteiger partial charge in [-0.25, -0.2) is 19.6 Å². The van der Waals surface area contributed by atoms with Crippen molar-refractivity contribution in [2.45, 2.75) is 52.5 Å². The van der Waals surface area contributed by atoms with Crippen LogP contribution >= 0.6 is 0 Å². The van der Waals surface area contributed by atoms with E-state index in [0.29, 0.717) is 6.54 Å². The van der Waals surface area contributed by atoms with E-state index in [2.05, 4.69) is 30.8 Å². The Morgan fingerprint density at radius 2 is 1.88 bits per heavy atom. The van der Waals surface area contributed by atoms with E-state index in [9.17, 15) is 9.59 Å². The van der Waals surface area contributed by atoms with Crippen LogP contribution in [0.3, 0.4) is 0 Å². The molecule has 2 unspecified atom stereocenters. The topological polar surface area (TPSA) is 58.9 Å². The summed E-state index contributed by atoms with van der Waals surface area (Å²) in [4.78, 5) is 28.3. The highest BCUT2D eigenvalue weighted by atomic mass is 16.1. The fourth-order valence-electron chi connectivity index (χ4n) is 3.17. The SMILES string of the molecule is CC1(C)CCCC(C)(CCN=C=O)C1N=C=O. The van der Waals surface area contributed by atoms with Crippen LogP contribution in [0.25, 0.3) is 0 Å². The minimum Gasteiger partial charge on any atom is -0.211 e. The second-order valence-corrected chi connectivity index (χ2v) is 5.84. The van der Waals surface area contributed by atoms with Crippen molar-refractivity contribution in [3.63, 3.8) is 0 Å². The van der Waals surface area contributed by atoms with Gasteiger partial charge in [0, 0.05) is 0 Å². The van der Waals surface area contributed by atoms with E-state index in [1.54, 1.807) is 12.2 Å². The maximum Gasteiger partial charge on any atom is 0.235 e. The van der Waals surface area contributed by atoms with Gasteiger partial charge in [-0.3, -0.25) is 0 Å². The summed E-state index contributed by atoms with van der Waals surface area (Å²) in [6.45, 7) is 6.86. The average molecular weight is 236 g/mol. The van der Waals surface area contributed by atoms with Gasteiger partial charge in [-0.15, -0.1) is 0 Å². The minimum atomic E-state index is -0.0699. The first kappa shape index (κ1) is 13.8. The zero-order valence-corrected chi connectivity index (χ0v) is 10.8. The zero-order valence-electron chi connectivity index (χ0n) is 10.8. The lowest BCUT2D eigenvalue weighted by Crippen LogP contribution is -2.46. The smallest absolute Gasteiger partial charge is 0.211 e. The van der Waals surface area contributed by atoms with E-state index in [0.717, 1.165) is 25.7 Å². The number of aliphatic imine (C=N–C) groups is 2. The van der Waals surface area contributed by atoms with Gasteiger partial charge in [-0.2, -0.15) is 0 Å². The molecule has 0 amide bonds. The van der Waals surface area contributed by atoms with Gasteiger partial charge in [0.05, 0.1) is 12.6 Å². The van der Waals surface area contributed by atoms with E-state index in [-0.39, 0.29) is 16.9 Å². The van der Waals surface area contributed by atoms with Gasteiger partial charge in [0.2, 0.25) is 12.2 Å². The van der Waals surface area contributed by atoms with Crippen LogP contribution < -0.4 is 0 Å². The number of isocyanates is 2. The molecule has 0 aliphatic heterocycles. The molecule has 0 aromatic rings. The Labute approximate surface area is 102 Å². The second kappa shape index (κ2) is 5.39. The molecule has 1 aliphatic rings. The molecule has 0 heterocycles. The Kier molecular flexibility index (Phi) is 4.39. The number of hydrogen-bond donors (Lipinski definition) is 0. The highest BCUT2D eigenvalue weighted by Crippen LogP contribution is 2.49. The standard InChI is InChI=1S/C13H20N2O2/c1-12(2)5-4-6-13(3,7-8-14-9-16)11(12)15-10-17/h11H,4-8H2,1-3H3. The molecule has 1 aliphatic carbocycles. The van der Waals surface area contributed by atoms with Crippen LogP contribution in [0.15, 0.2) is 9.98 Å². The Balaban J connectivity index is 2.92. The van der Waals surface area contributed by atoms with E-state index in [1.165, 1.54) is 0 Å². The van der Waals surface area contributed by atoms with E-state index < -0.39 is 0 Å². The lowest BCUT2D eigenvalue weighted by Gasteiger charge is -2.47. The van der Waals surface area contributed by atoms with Gasteiger partial charge < -0.3 is 0 Å². The predicted octanol–water partition coefficient (Wildman–Crippen LogP) is 2.63. The van der Waals surface area contributed by atoms with Crippen LogP contribution in [0.4, 0.5) is 0 Å². The van der Waals surface area contributed by atoms with Crippen molar-refractivity contribution in [2.75, 3.05) is 6.54 Å². The first-order chi connectivity index (χ1) is 7.96. The monoisotopic (exact) mass is 236 g/mol. The summed E-state index contributed by atoms with van der Waals surface area (Å²) in [5.41, 5.74) is -0.0607. The predicted molar refractivity (Wildman–Crippen MR) is 65.3 cm³/mol. The molecule has 1 rings (SSSR count). The van der Waals surface area contributed by atoms with Gasteiger partial charge in [0.25, 0.3) is 0 Å². The molecular formula is C13H20N2O2. The van der Waals surface area contributed by atoms with Crippen molar-refractivity contribution in [3.05, 3.63) is 0 Å². The molecule has 17 heavy (non-hydrogen) atoms. The molecular weight excluding hydrogens is 216 g/mol. The fraction of sp³-hybridized carbons (Fsp3) is 0.846. The molecule has 0 radical (unpaired) electrons. The molecule has 4 heteroatoms. The average Bonchev–Trinajstić information content (AvgIpc) is 2.24. The summed E-state index contributed by atoms with van der Waals surface area (Å²) < 4.78 is 0. The molecule has 0 spiro atoms. The van der Waals surface area contributed by atoms with Crippen LogP contribution in [-0.4, -0.2) is 24.7 Å². The summed E-state index contributed by atoms with van der Waals surface area (Å²) in [5.74, 6) is 0. The molecule has 94 valence electrons. The van der Waals surface area contributed by atoms with Crippen LogP contribution in [-0.2, 0) is 9.59 Å². The molecule has 1 fully saturated rings. The first-order valence-corrected chi connectivity index (χ1v) is 6.07. The van der Waals surface area contributed by atoms with Crippen molar-refractivity contribution in [2.24, 2.45) is 20.8 Å². The fourth-order valence-corrected chi connectivity index (χ4v) is 3.17. The highest BCUT2D eigenvalue weighted by Gasteiger charge is 2.46.